The molecule has 0 amide bonds. The summed E-state index contributed by atoms with van der Waals surface area (Å²) >= 11 is 0. The van der Waals surface area contributed by atoms with Crippen molar-refractivity contribution >= 4 is 5.78 Å². The van der Waals surface area contributed by atoms with E-state index in [4.69, 9.17) is 0 Å². The molecule has 0 atom stereocenters. The van der Waals surface area contributed by atoms with Crippen molar-refractivity contribution in [2.75, 3.05) is 0 Å². The summed E-state index contributed by atoms with van der Waals surface area (Å²) in [6, 6.07) is 0. The molecular formula is C6F6O. The van der Waals surface area contributed by atoms with Crippen LogP contribution >= 0.6 is 0 Å². The maximum absolute atomic E-state index is 12.2. The summed E-state index contributed by atoms with van der Waals surface area (Å²) in [5.41, 5.74) is 0. The molecule has 0 N–H and O–H groups in total. The summed E-state index contributed by atoms with van der Waals surface area (Å²) in [7, 11) is 0. The van der Waals surface area contributed by atoms with Gasteiger partial charge in [0, 0.05) is 0 Å². The van der Waals surface area contributed by atoms with Gasteiger partial charge in [0.15, 0.2) is 5.83 Å². The molecule has 7 heteroatoms. The van der Waals surface area contributed by atoms with Gasteiger partial charge in [0.05, 0.1) is 0 Å². The topological polar surface area (TPSA) is 17.1 Å². The van der Waals surface area contributed by atoms with Crippen LogP contribution in [0.5, 0.6) is 0 Å². The van der Waals surface area contributed by atoms with Crippen LogP contribution in [0.3, 0.4) is 0 Å². The lowest BCUT2D eigenvalue weighted by molar-refractivity contribution is -0.138. The van der Waals surface area contributed by atoms with Gasteiger partial charge in [-0.15, -0.1) is 0 Å². The van der Waals surface area contributed by atoms with Gasteiger partial charge in [-0.3, -0.25) is 4.79 Å². The zero-order valence-corrected chi connectivity index (χ0v) is 5.68. The number of hydrogen-bond donors (Lipinski definition) is 0. The molecule has 0 aromatic rings. The summed E-state index contributed by atoms with van der Waals surface area (Å²) < 4.78 is 72.8. The van der Waals surface area contributed by atoms with E-state index >= 15 is 0 Å². The fraction of sp³-hybridized carbons (Fsp3) is 0.167. The van der Waals surface area contributed by atoms with Crippen LogP contribution < -0.4 is 0 Å². The molecule has 0 radical (unpaired) electrons. The fourth-order valence-electron chi connectivity index (χ4n) is 0.668. The average Bonchev–Trinajstić information content (AvgIpc) is 2.09. The van der Waals surface area contributed by atoms with Crippen molar-refractivity contribution in [1.82, 2.24) is 0 Å². The Morgan fingerprint density at radius 2 is 1.31 bits per heavy atom. The van der Waals surface area contributed by atoms with Gasteiger partial charge in [0.25, 0.3) is 5.78 Å². The molecule has 0 spiro atoms. The van der Waals surface area contributed by atoms with Gasteiger partial charge in [0.2, 0.25) is 17.5 Å². The third-order valence-electron chi connectivity index (χ3n) is 1.34. The van der Waals surface area contributed by atoms with Gasteiger partial charge in [-0.25, -0.2) is 13.2 Å². The molecule has 1 aliphatic rings. The van der Waals surface area contributed by atoms with E-state index in [0.717, 1.165) is 0 Å². The maximum Gasteiger partial charge on any atom is 0.365 e. The molecule has 1 rings (SSSR count). The van der Waals surface area contributed by atoms with Crippen molar-refractivity contribution in [1.29, 1.82) is 0 Å². The van der Waals surface area contributed by atoms with Crippen LogP contribution in [0.4, 0.5) is 26.3 Å². The smallest absolute Gasteiger partial charge is 0.284 e. The molecule has 1 nitrogen and oxygen atoms in total. The second-order valence-corrected chi connectivity index (χ2v) is 2.16. The molecule has 0 aromatic heterocycles. The first-order chi connectivity index (χ1) is 5.80. The van der Waals surface area contributed by atoms with Crippen molar-refractivity contribution in [3.8, 4) is 0 Å². The minimum absolute atomic E-state index is 2.53. The van der Waals surface area contributed by atoms with Crippen LogP contribution in [0.1, 0.15) is 0 Å². The third-order valence-corrected chi connectivity index (χ3v) is 1.34. The highest BCUT2D eigenvalue weighted by Crippen LogP contribution is 2.40. The number of Topliss-reactive ketones (excluding diaryl/α,β-unsaturated/α-hetero) is 1. The monoisotopic (exact) mass is 202 g/mol. The Labute approximate surface area is 67.3 Å². The summed E-state index contributed by atoms with van der Waals surface area (Å²) in [5.74, 6) is -18.4. The van der Waals surface area contributed by atoms with Crippen LogP contribution in [0.15, 0.2) is 23.3 Å². The number of ketones is 1. The van der Waals surface area contributed by atoms with E-state index in [1.54, 1.807) is 0 Å². The summed E-state index contributed by atoms with van der Waals surface area (Å²) in [6.07, 6.45) is 0. The van der Waals surface area contributed by atoms with Crippen molar-refractivity contribution in [2.24, 2.45) is 0 Å². The van der Waals surface area contributed by atoms with E-state index in [-0.39, 0.29) is 0 Å². The van der Waals surface area contributed by atoms with E-state index < -0.39 is 35.0 Å². The van der Waals surface area contributed by atoms with Gasteiger partial charge < -0.3 is 0 Å². The van der Waals surface area contributed by atoms with Crippen LogP contribution in [0.25, 0.3) is 0 Å². The molecule has 0 aliphatic heterocycles. The number of alkyl halides is 2. The van der Waals surface area contributed by atoms with Crippen molar-refractivity contribution in [2.45, 2.75) is 5.92 Å². The Morgan fingerprint density at radius 1 is 0.846 bits per heavy atom. The lowest BCUT2D eigenvalue weighted by Crippen LogP contribution is -2.33. The molecule has 0 unspecified atom stereocenters. The predicted molar refractivity (Wildman–Crippen MR) is 28.4 cm³/mol. The Hall–Kier alpha value is -1.27. The maximum atomic E-state index is 12.2. The van der Waals surface area contributed by atoms with Gasteiger partial charge in [-0.05, 0) is 0 Å². The molecule has 0 fully saturated rings. The van der Waals surface area contributed by atoms with Crippen molar-refractivity contribution in [3.63, 3.8) is 0 Å². The molecule has 0 saturated heterocycles. The minimum atomic E-state index is -4.95. The number of carbonyl (C=O) groups excluding carboxylic acids is 1. The van der Waals surface area contributed by atoms with Gasteiger partial charge in [0.1, 0.15) is 0 Å². The van der Waals surface area contributed by atoms with Crippen molar-refractivity contribution in [3.05, 3.63) is 23.3 Å². The number of allylic oxidation sites excluding steroid dienone is 4. The first kappa shape index (κ1) is 9.82. The fourth-order valence-corrected chi connectivity index (χ4v) is 0.668. The van der Waals surface area contributed by atoms with E-state index in [0.29, 0.717) is 0 Å². The standard InChI is InChI=1S/C6F6O/c7-1-2(8)4(10)6(11,12)5(13)3(1)9. The van der Waals surface area contributed by atoms with E-state index in [1.165, 1.54) is 0 Å². The third kappa shape index (κ3) is 1.14. The van der Waals surface area contributed by atoms with Gasteiger partial charge in [-0.1, -0.05) is 0 Å². The van der Waals surface area contributed by atoms with Crippen LogP contribution in [0.2, 0.25) is 0 Å². The molecule has 0 heterocycles. The number of hydrogen-bond acceptors (Lipinski definition) is 1. The largest absolute Gasteiger partial charge is 0.365 e. The SMILES string of the molecule is O=C1C(F)=C(F)C(F)=C(F)C1(F)F. The van der Waals surface area contributed by atoms with E-state index in [2.05, 4.69) is 0 Å². The lowest BCUT2D eigenvalue weighted by atomic mass is 10.1. The molecule has 1 aliphatic carbocycles. The summed E-state index contributed by atoms with van der Waals surface area (Å²) in [5, 5.41) is 0. The number of halogens is 6. The highest BCUT2D eigenvalue weighted by molar-refractivity contribution is 6.03. The molecule has 0 saturated carbocycles. The quantitative estimate of drug-likeness (QED) is 0.551. The molecule has 13 heavy (non-hydrogen) atoms. The first-order valence-corrected chi connectivity index (χ1v) is 2.84. The first-order valence-electron chi connectivity index (χ1n) is 2.84. The van der Waals surface area contributed by atoms with Gasteiger partial charge in [-0.2, -0.15) is 13.2 Å². The van der Waals surface area contributed by atoms with Crippen LogP contribution in [-0.4, -0.2) is 11.7 Å². The molecular weight excluding hydrogens is 202 g/mol. The van der Waals surface area contributed by atoms with E-state index in [9.17, 15) is 31.1 Å². The predicted octanol–water partition coefficient (Wildman–Crippen LogP) is 2.51. The Balaban J connectivity index is 3.41. The van der Waals surface area contributed by atoms with Gasteiger partial charge >= 0.3 is 5.92 Å². The van der Waals surface area contributed by atoms with Crippen molar-refractivity contribution < 1.29 is 31.1 Å². The summed E-state index contributed by atoms with van der Waals surface area (Å²) in [6.45, 7) is 0. The lowest BCUT2D eigenvalue weighted by Gasteiger charge is -2.16. The molecule has 72 valence electrons. The normalized spacial score (nSPS) is 22.8. The highest BCUT2D eigenvalue weighted by atomic mass is 19.3. The minimum Gasteiger partial charge on any atom is -0.284 e. The second kappa shape index (κ2) is 2.61. The zero-order chi connectivity index (χ0) is 10.4. The Morgan fingerprint density at radius 3 is 1.77 bits per heavy atom. The number of rotatable bonds is 0. The second-order valence-electron chi connectivity index (χ2n) is 2.16. The molecule has 0 aromatic carbocycles. The summed E-state index contributed by atoms with van der Waals surface area (Å²) in [4.78, 5) is 10.1. The average molecular weight is 202 g/mol. The van der Waals surface area contributed by atoms with Crippen LogP contribution in [0, 0.1) is 0 Å². The van der Waals surface area contributed by atoms with Crippen LogP contribution in [-0.2, 0) is 4.79 Å². The zero-order valence-electron chi connectivity index (χ0n) is 5.68. The van der Waals surface area contributed by atoms with E-state index in [1.807, 2.05) is 0 Å². The molecule has 0 bridgehead atoms. The highest BCUT2D eigenvalue weighted by Gasteiger charge is 2.53. The Kier molecular flexibility index (Phi) is 1.97. The number of carbonyl (C=O) groups is 1. The Bertz CT molecular complexity index is 339.